The van der Waals surface area contributed by atoms with Crippen LogP contribution in [0.3, 0.4) is 0 Å². The topological polar surface area (TPSA) is 144 Å². The van der Waals surface area contributed by atoms with Gasteiger partial charge in [-0.1, -0.05) is 11.3 Å². The van der Waals surface area contributed by atoms with Crippen LogP contribution in [0.2, 0.25) is 0 Å². The molecule has 1 aromatic heterocycles. The fourth-order valence-corrected chi connectivity index (χ4v) is 3.43. The molecule has 0 saturated heterocycles. The van der Waals surface area contributed by atoms with E-state index in [9.17, 15) is 23.3 Å². The Morgan fingerprint density at radius 3 is 2.68 bits per heavy atom. The number of nitrogens with zero attached hydrogens (tertiary/aromatic N) is 1. The van der Waals surface area contributed by atoms with Gasteiger partial charge in [0.1, 0.15) is 4.21 Å². The predicted octanol–water partition coefficient (Wildman–Crippen LogP) is -0.347. The molecule has 0 saturated carbocycles. The minimum atomic E-state index is -3.90. The number of sulfonamides is 1. The van der Waals surface area contributed by atoms with Crippen LogP contribution in [0, 0.1) is 10.1 Å². The van der Waals surface area contributed by atoms with E-state index < -0.39 is 20.6 Å². The van der Waals surface area contributed by atoms with Gasteiger partial charge in [-0.15, -0.1) is 0 Å². The van der Waals surface area contributed by atoms with E-state index >= 15 is 0 Å². The molecule has 1 aromatic rings. The van der Waals surface area contributed by atoms with Crippen molar-refractivity contribution in [2.45, 2.75) is 10.6 Å². The average molecular weight is 308 g/mol. The molecule has 0 unspecified atom stereocenters. The number of hydrogen-bond acceptors (Lipinski definition) is 7. The van der Waals surface area contributed by atoms with Gasteiger partial charge < -0.3 is 11.1 Å². The van der Waals surface area contributed by atoms with Crippen molar-refractivity contribution in [3.05, 3.63) is 16.2 Å². The fourth-order valence-electron chi connectivity index (χ4n) is 1.14. The number of carbonyl (C=O) groups is 1. The molecule has 4 N–H and O–H groups in total. The Bertz CT molecular complexity index is 594. The van der Waals surface area contributed by atoms with Gasteiger partial charge in [0.05, 0.1) is 4.92 Å². The summed E-state index contributed by atoms with van der Waals surface area (Å²) in [7, 11) is -2.46. The summed E-state index contributed by atoms with van der Waals surface area (Å²) in [5, 5.41) is 12.7. The largest absolute Gasteiger partial charge is 0.385 e. The molecule has 0 aromatic carbocycles. The van der Waals surface area contributed by atoms with Crippen molar-refractivity contribution in [1.29, 1.82) is 0 Å². The minimum absolute atomic E-state index is 0.0291. The van der Waals surface area contributed by atoms with Crippen LogP contribution in [0.15, 0.2) is 10.3 Å². The molecule has 0 bridgehead atoms. The Morgan fingerprint density at radius 1 is 1.58 bits per heavy atom. The molecule has 0 aliphatic heterocycles. The lowest BCUT2D eigenvalue weighted by Crippen LogP contribution is -2.28. The first-order valence-corrected chi connectivity index (χ1v) is 7.32. The smallest absolute Gasteiger partial charge is 0.304 e. The van der Waals surface area contributed by atoms with Crippen molar-refractivity contribution in [2.75, 3.05) is 19.3 Å². The maximum absolute atomic E-state index is 11.8. The second kappa shape index (κ2) is 5.95. The maximum Gasteiger partial charge on any atom is 0.304 e. The highest BCUT2D eigenvalue weighted by Gasteiger charge is 2.24. The summed E-state index contributed by atoms with van der Waals surface area (Å²) in [6.07, 6.45) is -0.0291. The van der Waals surface area contributed by atoms with Gasteiger partial charge in [-0.05, 0) is 0 Å². The van der Waals surface area contributed by atoms with Crippen molar-refractivity contribution in [3.63, 3.8) is 0 Å². The van der Waals surface area contributed by atoms with E-state index in [1.54, 1.807) is 0 Å². The summed E-state index contributed by atoms with van der Waals surface area (Å²) in [6, 6.07) is 0.891. The lowest BCUT2D eigenvalue weighted by molar-refractivity contribution is -0.383. The molecule has 106 valence electrons. The number of hydrogen-bond donors (Lipinski definition) is 3. The van der Waals surface area contributed by atoms with Crippen molar-refractivity contribution in [1.82, 2.24) is 10.0 Å². The first kappa shape index (κ1) is 15.3. The number of nitrogens with two attached hydrogens (primary N) is 1. The Hall–Kier alpha value is -1.72. The summed E-state index contributed by atoms with van der Waals surface area (Å²) in [5.41, 5.74) is 4.91. The van der Waals surface area contributed by atoms with E-state index in [-0.39, 0.29) is 28.1 Å². The highest BCUT2D eigenvalue weighted by atomic mass is 32.2. The number of carbonyl (C=O) groups excluding carboxylic acids is 1. The monoisotopic (exact) mass is 308 g/mol. The summed E-state index contributed by atoms with van der Waals surface area (Å²) >= 11 is 0.599. The van der Waals surface area contributed by atoms with Gasteiger partial charge in [0, 0.05) is 26.1 Å². The number of nitro groups is 1. The first-order valence-electron chi connectivity index (χ1n) is 5.02. The molecule has 1 heterocycles. The zero-order valence-corrected chi connectivity index (χ0v) is 11.5. The number of nitrogen functional groups attached to an aromatic ring is 1. The highest BCUT2D eigenvalue weighted by Crippen LogP contribution is 2.34. The van der Waals surface area contributed by atoms with Gasteiger partial charge in [-0.2, -0.15) is 0 Å². The third kappa shape index (κ3) is 3.87. The van der Waals surface area contributed by atoms with Crippen LogP contribution in [0.25, 0.3) is 0 Å². The van der Waals surface area contributed by atoms with Crippen LogP contribution >= 0.6 is 11.3 Å². The first-order chi connectivity index (χ1) is 8.77. The number of rotatable bonds is 6. The van der Waals surface area contributed by atoms with Crippen molar-refractivity contribution in [3.8, 4) is 0 Å². The van der Waals surface area contributed by atoms with Crippen molar-refractivity contribution < 1.29 is 18.1 Å². The molecule has 0 spiro atoms. The molecule has 1 rings (SSSR count). The van der Waals surface area contributed by atoms with E-state index in [0.29, 0.717) is 11.3 Å². The molecule has 1 amide bonds. The number of anilines is 1. The molecule has 0 aliphatic rings. The summed E-state index contributed by atoms with van der Waals surface area (Å²) in [5.74, 6) is -0.320. The Labute approximate surface area is 113 Å². The highest BCUT2D eigenvalue weighted by molar-refractivity contribution is 7.91. The predicted molar refractivity (Wildman–Crippen MR) is 69.3 cm³/mol. The second-order valence-electron chi connectivity index (χ2n) is 3.39. The van der Waals surface area contributed by atoms with E-state index in [4.69, 9.17) is 5.73 Å². The zero-order chi connectivity index (χ0) is 14.6. The Morgan fingerprint density at radius 2 is 2.21 bits per heavy atom. The number of amides is 1. The molecule has 0 radical (unpaired) electrons. The third-order valence-corrected chi connectivity index (χ3v) is 4.99. The van der Waals surface area contributed by atoms with Gasteiger partial charge in [0.25, 0.3) is 0 Å². The lowest BCUT2D eigenvalue weighted by atomic mass is 10.4. The van der Waals surface area contributed by atoms with Crippen LogP contribution in [0.1, 0.15) is 6.42 Å². The van der Waals surface area contributed by atoms with Crippen LogP contribution in [0.5, 0.6) is 0 Å². The van der Waals surface area contributed by atoms with Crippen LogP contribution in [0.4, 0.5) is 10.7 Å². The van der Waals surface area contributed by atoms with Gasteiger partial charge in [0.15, 0.2) is 5.00 Å². The fraction of sp³-hybridized carbons (Fsp3) is 0.375. The van der Waals surface area contributed by atoms with Gasteiger partial charge in [-0.3, -0.25) is 14.9 Å². The molecule has 0 aliphatic carbocycles. The van der Waals surface area contributed by atoms with Crippen LogP contribution < -0.4 is 15.8 Å². The quantitative estimate of drug-likeness (QED) is 0.484. The summed E-state index contributed by atoms with van der Waals surface area (Å²) in [4.78, 5) is 20.7. The summed E-state index contributed by atoms with van der Waals surface area (Å²) < 4.78 is 25.5. The molecule has 9 nitrogen and oxygen atoms in total. The average Bonchev–Trinajstić information content (AvgIpc) is 2.71. The maximum atomic E-state index is 11.8. The van der Waals surface area contributed by atoms with Crippen molar-refractivity contribution in [2.24, 2.45) is 0 Å². The number of thiophene rings is 1. The Balaban J connectivity index is 2.80. The minimum Gasteiger partial charge on any atom is -0.385 e. The molecule has 11 heteroatoms. The Kier molecular flexibility index (Phi) is 4.80. The lowest BCUT2D eigenvalue weighted by Gasteiger charge is -2.03. The van der Waals surface area contributed by atoms with Crippen LogP contribution in [-0.4, -0.2) is 32.8 Å². The van der Waals surface area contributed by atoms with E-state index in [2.05, 4.69) is 10.0 Å². The van der Waals surface area contributed by atoms with E-state index in [0.717, 1.165) is 6.07 Å². The van der Waals surface area contributed by atoms with Gasteiger partial charge in [-0.25, -0.2) is 13.1 Å². The van der Waals surface area contributed by atoms with E-state index in [1.165, 1.54) is 7.05 Å². The molecule has 19 heavy (non-hydrogen) atoms. The van der Waals surface area contributed by atoms with Crippen LogP contribution in [-0.2, 0) is 14.8 Å². The standard InChI is InChI=1S/C8H12N4O5S2/c1-10-6(13)2-3-11-19(16,17)7-4-5(12(14)15)8(9)18-7/h4,11H,2-3,9H2,1H3,(H,10,13). The summed E-state index contributed by atoms with van der Waals surface area (Å²) in [6.45, 7) is -0.104. The number of nitrogens with one attached hydrogen (secondary N) is 2. The SMILES string of the molecule is CNC(=O)CCNS(=O)(=O)c1cc([N+](=O)[O-])c(N)s1. The van der Waals surface area contributed by atoms with E-state index in [1.807, 2.05) is 0 Å². The second-order valence-corrected chi connectivity index (χ2v) is 6.47. The van der Waals surface area contributed by atoms with Gasteiger partial charge in [0.2, 0.25) is 15.9 Å². The third-order valence-electron chi connectivity index (χ3n) is 2.10. The molecule has 0 fully saturated rings. The zero-order valence-electron chi connectivity index (χ0n) is 9.87. The molecular formula is C8H12N4O5S2. The van der Waals surface area contributed by atoms with Gasteiger partial charge >= 0.3 is 5.69 Å². The van der Waals surface area contributed by atoms with Crippen molar-refractivity contribution >= 4 is 38.0 Å². The molecular weight excluding hydrogens is 296 g/mol. The normalized spacial score (nSPS) is 11.2. The molecule has 0 atom stereocenters.